The number of unbranched alkanes of at least 4 members (excludes halogenated alkanes) is 1. The number of hydrogen-bond donors (Lipinski definition) is 0. The summed E-state index contributed by atoms with van der Waals surface area (Å²) in [6.07, 6.45) is 71.0. The molecule has 8 aliphatic carbocycles. The van der Waals surface area contributed by atoms with Crippen molar-refractivity contribution < 1.29 is 0 Å². The van der Waals surface area contributed by atoms with Gasteiger partial charge in [-0.1, -0.05) is 157 Å². The predicted octanol–water partition coefficient (Wildman–Crippen LogP) is 18.8. The minimum atomic E-state index is 0.243. The summed E-state index contributed by atoms with van der Waals surface area (Å²) in [5.41, 5.74) is 9.32. The van der Waals surface area contributed by atoms with Crippen LogP contribution in [0.15, 0.2) is 0 Å². The molecule has 0 amide bonds. The summed E-state index contributed by atoms with van der Waals surface area (Å²) in [7, 11) is 1.09. The Balaban J connectivity index is 0.895. The molecular weight excluding hydrogens is 772 g/mol. The first-order chi connectivity index (χ1) is 28.8. The van der Waals surface area contributed by atoms with Crippen LogP contribution in [-0.2, 0) is 0 Å². The maximum atomic E-state index is 1.74. The first-order valence-electron chi connectivity index (χ1n) is 27.8. The molecule has 0 aromatic rings. The fourth-order valence-electron chi connectivity index (χ4n) is 15.8. The summed E-state index contributed by atoms with van der Waals surface area (Å²) in [5.74, 6) is 2.23. The monoisotopic (exact) mass is 871 g/mol. The van der Waals surface area contributed by atoms with E-state index in [9.17, 15) is 0 Å². The SMILES string of the molecule is C1CCC(P(CCCCP(C2CCCCC2)C2CCCC(C3CCCC(P(CCP(C4CCCCC4)C4CCCCC4)C4CCCCC4)C3)C2)C2CCCCC2)CC1. The van der Waals surface area contributed by atoms with Gasteiger partial charge in [0.25, 0.3) is 0 Å². The van der Waals surface area contributed by atoms with E-state index < -0.39 is 0 Å². The summed E-state index contributed by atoms with van der Waals surface area (Å²) in [5, 5.41) is 0. The predicted molar refractivity (Wildman–Crippen MR) is 269 cm³/mol. The van der Waals surface area contributed by atoms with Crippen LogP contribution in [-0.4, -0.2) is 69.9 Å². The highest BCUT2D eigenvalue weighted by molar-refractivity contribution is 7.63. The van der Waals surface area contributed by atoms with Crippen molar-refractivity contribution in [3.63, 3.8) is 0 Å². The fourth-order valence-corrected chi connectivity index (χ4v) is 32.4. The second-order valence-electron chi connectivity index (χ2n) is 22.6. The lowest BCUT2D eigenvalue weighted by atomic mass is 9.73. The maximum Gasteiger partial charge on any atom is -0.0204 e. The van der Waals surface area contributed by atoms with Gasteiger partial charge in [0.2, 0.25) is 0 Å². The van der Waals surface area contributed by atoms with Crippen LogP contribution >= 0.6 is 31.7 Å². The largest absolute Gasteiger partial charge is 0.100 e. The van der Waals surface area contributed by atoms with Crippen LogP contribution in [0.1, 0.15) is 257 Å². The molecule has 0 aliphatic heterocycles. The molecule has 4 heteroatoms. The van der Waals surface area contributed by atoms with E-state index in [0.717, 1.165) is 34.5 Å². The average molecular weight is 871 g/mol. The standard InChI is InChI=1S/C54H98P4/c1-7-25-47(26-8-1)55(48-27-9-2-10-28-48)39-19-20-40-56(49-29-11-3-12-30-49)53-37-21-23-45(43-53)46-24-22-38-54(44-46)58(52-35-17-6-18-36-52)42-41-57(50-31-13-4-14-32-50)51-33-15-5-16-34-51/h45-54H,1-44H2. The van der Waals surface area contributed by atoms with Crippen LogP contribution in [0.4, 0.5) is 0 Å². The molecular formula is C54H98P4. The Morgan fingerprint density at radius 3 is 0.724 bits per heavy atom. The van der Waals surface area contributed by atoms with E-state index in [-0.39, 0.29) is 23.8 Å². The summed E-state index contributed by atoms with van der Waals surface area (Å²) in [4.78, 5) is 0. The molecule has 0 bridgehead atoms. The van der Waals surface area contributed by atoms with Crippen LogP contribution in [0.2, 0.25) is 0 Å². The summed E-state index contributed by atoms with van der Waals surface area (Å²) in [6.45, 7) is 0. The van der Waals surface area contributed by atoms with Gasteiger partial charge in [-0.15, -0.1) is 15.8 Å². The van der Waals surface area contributed by atoms with Crippen molar-refractivity contribution in [2.24, 2.45) is 11.8 Å². The van der Waals surface area contributed by atoms with Gasteiger partial charge in [-0.05, 0) is 197 Å². The Kier molecular flexibility index (Phi) is 20.3. The van der Waals surface area contributed by atoms with Crippen LogP contribution < -0.4 is 0 Å². The Morgan fingerprint density at radius 1 is 0.207 bits per heavy atom. The second kappa shape index (κ2) is 25.4. The Morgan fingerprint density at radius 2 is 0.431 bits per heavy atom. The van der Waals surface area contributed by atoms with E-state index in [1.807, 2.05) is 0 Å². The van der Waals surface area contributed by atoms with Crippen molar-refractivity contribution in [2.45, 2.75) is 302 Å². The van der Waals surface area contributed by atoms with Crippen molar-refractivity contribution >= 4 is 31.7 Å². The van der Waals surface area contributed by atoms with E-state index in [2.05, 4.69) is 0 Å². The van der Waals surface area contributed by atoms with Crippen molar-refractivity contribution in [3.8, 4) is 0 Å². The first kappa shape index (κ1) is 46.3. The molecule has 0 aromatic heterocycles. The highest BCUT2D eigenvalue weighted by atomic mass is 31.1. The van der Waals surface area contributed by atoms with Gasteiger partial charge in [0, 0.05) is 0 Å². The van der Waals surface area contributed by atoms with Crippen LogP contribution in [0.5, 0.6) is 0 Å². The molecule has 0 heterocycles. The molecule has 0 saturated heterocycles. The van der Waals surface area contributed by atoms with Gasteiger partial charge in [0.05, 0.1) is 0 Å². The molecule has 8 rings (SSSR count). The Bertz CT molecular complexity index is 1050. The third-order valence-corrected chi connectivity index (χ3v) is 34.0. The zero-order valence-electron chi connectivity index (χ0n) is 38.7. The number of hydrogen-bond acceptors (Lipinski definition) is 0. The molecule has 0 radical (unpaired) electrons. The number of rotatable bonds is 17. The molecule has 6 atom stereocenters. The summed E-state index contributed by atoms with van der Waals surface area (Å²) >= 11 is 0. The topological polar surface area (TPSA) is 0 Å². The fraction of sp³-hybridized carbons (Fsp3) is 1.00. The minimum Gasteiger partial charge on any atom is -0.100 e. The molecule has 0 nitrogen and oxygen atoms in total. The minimum absolute atomic E-state index is 0.243. The molecule has 6 unspecified atom stereocenters. The molecule has 8 fully saturated rings. The first-order valence-corrected chi connectivity index (χ1v) is 34.5. The van der Waals surface area contributed by atoms with Gasteiger partial charge < -0.3 is 0 Å². The molecule has 334 valence electrons. The van der Waals surface area contributed by atoms with E-state index in [1.165, 1.54) is 22.6 Å². The van der Waals surface area contributed by atoms with E-state index in [1.54, 1.807) is 281 Å². The van der Waals surface area contributed by atoms with Crippen molar-refractivity contribution in [2.75, 3.05) is 24.6 Å². The normalized spacial score (nSPS) is 32.8. The lowest BCUT2D eigenvalue weighted by Crippen LogP contribution is -2.33. The van der Waals surface area contributed by atoms with Gasteiger partial charge in [-0.2, -0.15) is 0 Å². The molecule has 8 aliphatic rings. The Labute approximate surface area is 368 Å². The van der Waals surface area contributed by atoms with Crippen molar-refractivity contribution in [1.82, 2.24) is 0 Å². The Hall–Kier alpha value is 1.72. The lowest BCUT2D eigenvalue weighted by Gasteiger charge is -2.46. The third-order valence-electron chi connectivity index (χ3n) is 18.9. The van der Waals surface area contributed by atoms with Crippen LogP contribution in [0.25, 0.3) is 0 Å². The smallest absolute Gasteiger partial charge is 0.0204 e. The van der Waals surface area contributed by atoms with E-state index >= 15 is 0 Å². The lowest BCUT2D eigenvalue weighted by molar-refractivity contribution is 0.199. The van der Waals surface area contributed by atoms with Gasteiger partial charge in [0.15, 0.2) is 0 Å². The van der Waals surface area contributed by atoms with Crippen molar-refractivity contribution in [3.05, 3.63) is 0 Å². The highest BCUT2D eigenvalue weighted by Gasteiger charge is 2.41. The van der Waals surface area contributed by atoms with Gasteiger partial charge in [-0.3, -0.25) is 0 Å². The maximum absolute atomic E-state index is 1.74. The third kappa shape index (κ3) is 13.4. The molecule has 0 N–H and O–H groups in total. The van der Waals surface area contributed by atoms with Gasteiger partial charge in [-0.25, -0.2) is 0 Å². The van der Waals surface area contributed by atoms with Gasteiger partial charge >= 0.3 is 0 Å². The second-order valence-corrected chi connectivity index (χ2v) is 34.3. The van der Waals surface area contributed by atoms with E-state index in [0.29, 0.717) is 7.92 Å². The molecule has 8 saturated carbocycles. The molecule has 0 spiro atoms. The quantitative estimate of drug-likeness (QED) is 0.101. The highest BCUT2D eigenvalue weighted by Crippen LogP contribution is 2.64. The van der Waals surface area contributed by atoms with Gasteiger partial charge in [0.1, 0.15) is 0 Å². The molecule has 0 aromatic carbocycles. The van der Waals surface area contributed by atoms with Crippen LogP contribution in [0, 0.1) is 11.8 Å². The zero-order chi connectivity index (χ0) is 39.2. The van der Waals surface area contributed by atoms with Crippen LogP contribution in [0.3, 0.4) is 0 Å². The zero-order valence-corrected chi connectivity index (χ0v) is 42.3. The van der Waals surface area contributed by atoms with Crippen molar-refractivity contribution in [1.29, 1.82) is 0 Å². The van der Waals surface area contributed by atoms with E-state index in [4.69, 9.17) is 0 Å². The molecule has 58 heavy (non-hydrogen) atoms. The summed E-state index contributed by atoms with van der Waals surface area (Å²) < 4.78 is 0. The average Bonchev–Trinajstić information content (AvgIpc) is 3.31. The summed E-state index contributed by atoms with van der Waals surface area (Å²) in [6, 6.07) is 0.